The summed E-state index contributed by atoms with van der Waals surface area (Å²) in [5.41, 5.74) is 3.55. The number of esters is 2. The lowest BCUT2D eigenvalue weighted by atomic mass is 10.1. The molecule has 9 nitrogen and oxygen atoms in total. The van der Waals surface area contributed by atoms with E-state index >= 15 is 0 Å². The van der Waals surface area contributed by atoms with Crippen LogP contribution in [0.25, 0.3) is 22.9 Å². The molecule has 0 bridgehead atoms. The summed E-state index contributed by atoms with van der Waals surface area (Å²) >= 11 is 6.48. The Morgan fingerprint density at radius 1 is 0.646 bits per heavy atom. The molecule has 0 atom stereocenters. The lowest BCUT2D eigenvalue weighted by Crippen LogP contribution is -2.11. The number of aryl methyl sites for hydroxylation is 2. The Labute approximate surface area is 284 Å². The third kappa shape index (κ3) is 8.60. The van der Waals surface area contributed by atoms with E-state index in [4.69, 9.17) is 35.0 Å². The highest BCUT2D eigenvalue weighted by Gasteiger charge is 2.18. The molecule has 0 saturated carbocycles. The Kier molecular flexibility index (Phi) is 11.5. The molecule has 248 valence electrons. The Bertz CT molecular complexity index is 1880. The molecule has 1 heterocycles. The molecule has 5 aromatic rings. The van der Waals surface area contributed by atoms with Gasteiger partial charge in [-0.25, -0.2) is 9.59 Å². The third-order valence-corrected chi connectivity index (χ3v) is 7.78. The maximum Gasteiger partial charge on any atom is 0.343 e. The van der Waals surface area contributed by atoms with Crippen LogP contribution in [0.15, 0.2) is 83.3 Å². The van der Waals surface area contributed by atoms with Crippen LogP contribution in [-0.4, -0.2) is 35.3 Å². The van der Waals surface area contributed by atoms with Crippen molar-refractivity contribution in [2.45, 2.75) is 53.4 Å². The van der Waals surface area contributed by atoms with E-state index in [1.807, 2.05) is 26.0 Å². The van der Waals surface area contributed by atoms with Crippen LogP contribution in [-0.2, 0) is 0 Å². The van der Waals surface area contributed by atoms with E-state index in [0.717, 1.165) is 42.6 Å². The lowest BCUT2D eigenvalue weighted by molar-refractivity contribution is 0.0724. The molecular formula is C38H37ClN2O7. The molecule has 0 radical (unpaired) electrons. The van der Waals surface area contributed by atoms with Crippen LogP contribution in [0.1, 0.15) is 71.4 Å². The van der Waals surface area contributed by atoms with E-state index in [1.54, 1.807) is 66.7 Å². The molecule has 0 aliphatic heterocycles. The van der Waals surface area contributed by atoms with Gasteiger partial charge in [0.2, 0.25) is 11.8 Å². The predicted molar refractivity (Wildman–Crippen MR) is 183 cm³/mol. The summed E-state index contributed by atoms with van der Waals surface area (Å²) < 4.78 is 28.5. The van der Waals surface area contributed by atoms with Crippen molar-refractivity contribution in [3.8, 4) is 45.9 Å². The maximum absolute atomic E-state index is 12.9. The van der Waals surface area contributed by atoms with E-state index in [1.165, 1.54) is 0 Å². The van der Waals surface area contributed by atoms with Gasteiger partial charge in [-0.05, 0) is 117 Å². The van der Waals surface area contributed by atoms with Gasteiger partial charge < -0.3 is 23.4 Å². The first kappa shape index (κ1) is 34.2. The van der Waals surface area contributed by atoms with Crippen LogP contribution in [0.5, 0.6) is 23.0 Å². The van der Waals surface area contributed by atoms with Gasteiger partial charge in [-0.3, -0.25) is 0 Å². The van der Waals surface area contributed by atoms with Crippen molar-refractivity contribution in [1.29, 1.82) is 0 Å². The molecule has 5 rings (SSSR count). The normalized spacial score (nSPS) is 10.9. The number of hydrogen-bond donors (Lipinski definition) is 0. The summed E-state index contributed by atoms with van der Waals surface area (Å²) in [5.74, 6) is 1.50. The van der Waals surface area contributed by atoms with Gasteiger partial charge in [0.1, 0.15) is 23.0 Å². The summed E-state index contributed by atoms with van der Waals surface area (Å²) in [6.07, 6.45) is 4.01. The Hall–Kier alpha value is -5.15. The zero-order chi connectivity index (χ0) is 34.0. The fourth-order valence-corrected chi connectivity index (χ4v) is 4.95. The van der Waals surface area contributed by atoms with Gasteiger partial charge in [0.05, 0.1) is 29.4 Å². The van der Waals surface area contributed by atoms with Crippen molar-refractivity contribution in [1.82, 2.24) is 10.2 Å². The highest BCUT2D eigenvalue weighted by molar-refractivity contribution is 6.32. The average molecular weight is 669 g/mol. The van der Waals surface area contributed by atoms with Crippen molar-refractivity contribution in [2.24, 2.45) is 0 Å². The summed E-state index contributed by atoms with van der Waals surface area (Å²) in [5, 5.41) is 8.51. The predicted octanol–water partition coefficient (Wildman–Crippen LogP) is 9.47. The van der Waals surface area contributed by atoms with E-state index in [0.29, 0.717) is 47.0 Å². The number of benzene rings is 4. The summed E-state index contributed by atoms with van der Waals surface area (Å²) in [4.78, 5) is 25.7. The second-order valence-corrected chi connectivity index (χ2v) is 11.6. The van der Waals surface area contributed by atoms with Crippen LogP contribution in [0.2, 0.25) is 5.02 Å². The molecule has 0 aliphatic rings. The number of carbonyl (C=O) groups excluding carboxylic acids is 2. The number of ether oxygens (including phenoxy) is 4. The van der Waals surface area contributed by atoms with Crippen molar-refractivity contribution in [3.05, 3.63) is 106 Å². The standard InChI is InChI=1S/C38H37ClN2O7/c1-5-7-19-44-29-14-16-31(24(3)21-29)37(42)46-28-12-9-26(10-13-28)35-40-41-36(48-35)27-11-18-34(33(39)23-27)47-38(43)32-17-15-30(22-25(32)4)45-20-8-6-2/h9-18,21-23H,5-8,19-20H2,1-4H3. The van der Waals surface area contributed by atoms with Gasteiger partial charge in [-0.15, -0.1) is 10.2 Å². The fraction of sp³-hybridized carbons (Fsp3) is 0.263. The Morgan fingerprint density at radius 2 is 1.15 bits per heavy atom. The second kappa shape index (κ2) is 16.1. The minimum Gasteiger partial charge on any atom is -0.494 e. The molecule has 0 saturated heterocycles. The first-order chi connectivity index (χ1) is 23.2. The molecule has 0 amide bonds. The number of unbranched alkanes of at least 4 members (excludes halogenated alkanes) is 2. The van der Waals surface area contributed by atoms with E-state index < -0.39 is 11.9 Å². The highest BCUT2D eigenvalue weighted by Crippen LogP contribution is 2.32. The summed E-state index contributed by atoms with van der Waals surface area (Å²) in [7, 11) is 0. The minimum atomic E-state index is -0.531. The Balaban J connectivity index is 1.20. The zero-order valence-corrected chi connectivity index (χ0v) is 28.1. The first-order valence-electron chi connectivity index (χ1n) is 15.9. The summed E-state index contributed by atoms with van der Waals surface area (Å²) in [6, 6.07) is 22.2. The van der Waals surface area contributed by atoms with Crippen molar-refractivity contribution >= 4 is 23.5 Å². The topological polar surface area (TPSA) is 110 Å². The van der Waals surface area contributed by atoms with Crippen molar-refractivity contribution in [2.75, 3.05) is 13.2 Å². The first-order valence-corrected chi connectivity index (χ1v) is 16.3. The molecule has 4 aromatic carbocycles. The van der Waals surface area contributed by atoms with Gasteiger partial charge >= 0.3 is 11.9 Å². The second-order valence-electron chi connectivity index (χ2n) is 11.2. The quantitative estimate of drug-likeness (QED) is 0.0649. The fourth-order valence-electron chi connectivity index (χ4n) is 4.73. The minimum absolute atomic E-state index is 0.199. The van der Waals surface area contributed by atoms with E-state index in [2.05, 4.69) is 24.0 Å². The molecule has 0 unspecified atom stereocenters. The molecule has 0 spiro atoms. The number of hydrogen-bond acceptors (Lipinski definition) is 9. The molecule has 1 aromatic heterocycles. The number of carbonyl (C=O) groups is 2. The molecule has 0 N–H and O–H groups in total. The zero-order valence-electron chi connectivity index (χ0n) is 27.4. The van der Waals surface area contributed by atoms with Gasteiger partial charge in [0, 0.05) is 11.1 Å². The maximum atomic E-state index is 12.9. The van der Waals surface area contributed by atoms with Crippen LogP contribution in [0.3, 0.4) is 0 Å². The average Bonchev–Trinajstić information content (AvgIpc) is 3.57. The lowest BCUT2D eigenvalue weighted by Gasteiger charge is -2.11. The molecule has 10 heteroatoms. The van der Waals surface area contributed by atoms with Gasteiger partial charge in [-0.2, -0.15) is 0 Å². The smallest absolute Gasteiger partial charge is 0.343 e. The molecular weight excluding hydrogens is 632 g/mol. The number of aromatic nitrogens is 2. The van der Waals surface area contributed by atoms with Crippen LogP contribution in [0, 0.1) is 13.8 Å². The monoisotopic (exact) mass is 668 g/mol. The van der Waals surface area contributed by atoms with E-state index in [9.17, 15) is 9.59 Å². The van der Waals surface area contributed by atoms with Crippen LogP contribution in [0.4, 0.5) is 0 Å². The largest absolute Gasteiger partial charge is 0.494 e. The van der Waals surface area contributed by atoms with E-state index in [-0.39, 0.29) is 22.6 Å². The Morgan fingerprint density at radius 3 is 1.67 bits per heavy atom. The molecule has 0 aliphatic carbocycles. The molecule has 0 fully saturated rings. The number of nitrogens with zero attached hydrogens (tertiary/aromatic N) is 2. The van der Waals surface area contributed by atoms with Gasteiger partial charge in [0.25, 0.3) is 0 Å². The van der Waals surface area contributed by atoms with Crippen molar-refractivity contribution in [3.63, 3.8) is 0 Å². The number of halogens is 1. The molecule has 48 heavy (non-hydrogen) atoms. The van der Waals surface area contributed by atoms with Crippen LogP contribution < -0.4 is 18.9 Å². The highest BCUT2D eigenvalue weighted by atomic mass is 35.5. The third-order valence-electron chi connectivity index (χ3n) is 7.49. The number of rotatable bonds is 14. The summed E-state index contributed by atoms with van der Waals surface area (Å²) in [6.45, 7) is 9.13. The SMILES string of the molecule is CCCCOc1ccc(C(=O)Oc2ccc(-c3nnc(-c4ccc(OC(=O)c5ccc(OCCCC)cc5C)c(Cl)c4)o3)cc2)c(C)c1. The van der Waals surface area contributed by atoms with Gasteiger partial charge in [0.15, 0.2) is 0 Å². The van der Waals surface area contributed by atoms with Crippen LogP contribution >= 0.6 is 11.6 Å². The van der Waals surface area contributed by atoms with Crippen molar-refractivity contribution < 1.29 is 33.0 Å². The van der Waals surface area contributed by atoms with Gasteiger partial charge in [-0.1, -0.05) is 38.3 Å².